The lowest BCUT2D eigenvalue weighted by Crippen LogP contribution is -2.51. The summed E-state index contributed by atoms with van der Waals surface area (Å²) in [6, 6.07) is 10.1. The van der Waals surface area contributed by atoms with E-state index in [0.29, 0.717) is 30.2 Å². The SMILES string of the molecule is Cn1ccc2c(CN3CCC4(CCC4)CC3)cc(-c3ccc4c(c3)CN(N3C(=O)CCCC3=O)C4=O)nc21. The van der Waals surface area contributed by atoms with Gasteiger partial charge in [0.25, 0.3) is 5.91 Å². The molecule has 1 aliphatic carbocycles. The number of nitrogens with zero attached hydrogens (tertiary/aromatic N) is 5. The summed E-state index contributed by atoms with van der Waals surface area (Å²) in [4.78, 5) is 45.6. The van der Waals surface area contributed by atoms with Gasteiger partial charge in [-0.15, -0.1) is 0 Å². The summed E-state index contributed by atoms with van der Waals surface area (Å²) >= 11 is 0. The van der Waals surface area contributed by atoms with Gasteiger partial charge in [-0.2, -0.15) is 5.01 Å². The molecule has 0 unspecified atom stereocenters. The number of rotatable bonds is 4. The Morgan fingerprint density at radius 1 is 0.921 bits per heavy atom. The number of aryl methyl sites for hydroxylation is 1. The van der Waals surface area contributed by atoms with Crippen LogP contribution >= 0.6 is 0 Å². The van der Waals surface area contributed by atoms with Crippen molar-refractivity contribution in [3.8, 4) is 11.3 Å². The summed E-state index contributed by atoms with van der Waals surface area (Å²) in [5.41, 5.74) is 6.02. The number of likely N-dealkylation sites (tertiary alicyclic amines) is 1. The molecule has 2 aromatic heterocycles. The van der Waals surface area contributed by atoms with Crippen LogP contribution in [0.1, 0.15) is 72.9 Å². The number of piperidine rings is 2. The number of hydrogen-bond acceptors (Lipinski definition) is 5. The van der Waals surface area contributed by atoms with Crippen LogP contribution in [0.25, 0.3) is 22.3 Å². The van der Waals surface area contributed by atoms with E-state index >= 15 is 0 Å². The van der Waals surface area contributed by atoms with Crippen LogP contribution in [0.2, 0.25) is 0 Å². The quantitative estimate of drug-likeness (QED) is 0.485. The second kappa shape index (κ2) is 8.76. The van der Waals surface area contributed by atoms with Crippen molar-refractivity contribution in [2.75, 3.05) is 13.1 Å². The fraction of sp³-hybridized carbons (Fsp3) is 0.467. The number of fused-ring (bicyclic) bond motifs is 2. The molecule has 8 nitrogen and oxygen atoms in total. The van der Waals surface area contributed by atoms with E-state index in [2.05, 4.69) is 27.8 Å². The zero-order valence-corrected chi connectivity index (χ0v) is 21.9. The van der Waals surface area contributed by atoms with Gasteiger partial charge in [-0.1, -0.05) is 12.5 Å². The van der Waals surface area contributed by atoms with Crippen LogP contribution in [0.15, 0.2) is 36.5 Å². The Morgan fingerprint density at radius 3 is 2.39 bits per heavy atom. The number of carbonyl (C=O) groups excluding carboxylic acids is 3. The summed E-state index contributed by atoms with van der Waals surface area (Å²) in [5.74, 6) is -0.899. The van der Waals surface area contributed by atoms with Crippen LogP contribution in [0.5, 0.6) is 0 Å². The van der Waals surface area contributed by atoms with Crippen LogP contribution in [0.4, 0.5) is 0 Å². The highest BCUT2D eigenvalue weighted by molar-refractivity contribution is 6.04. The molecule has 1 aromatic carbocycles. The molecule has 1 saturated carbocycles. The molecule has 5 heterocycles. The number of aromatic nitrogens is 2. The predicted molar refractivity (Wildman–Crippen MR) is 143 cm³/mol. The number of hydrazine groups is 1. The molecular weight excluding hydrogens is 478 g/mol. The lowest BCUT2D eigenvalue weighted by molar-refractivity contribution is -0.163. The number of imide groups is 1. The highest BCUT2D eigenvalue weighted by Gasteiger charge is 2.40. The molecule has 3 fully saturated rings. The number of hydrogen-bond donors (Lipinski definition) is 0. The van der Waals surface area contributed by atoms with Gasteiger partial charge in [0.15, 0.2) is 0 Å². The molecule has 0 N–H and O–H groups in total. The largest absolute Gasteiger partial charge is 0.336 e. The van der Waals surface area contributed by atoms with Crippen molar-refractivity contribution in [2.24, 2.45) is 12.5 Å². The van der Waals surface area contributed by atoms with E-state index in [0.717, 1.165) is 47.1 Å². The Bertz CT molecular complexity index is 1460. The third kappa shape index (κ3) is 3.76. The number of benzene rings is 1. The number of pyridine rings is 1. The summed E-state index contributed by atoms with van der Waals surface area (Å²) in [7, 11) is 2.02. The molecule has 0 radical (unpaired) electrons. The van der Waals surface area contributed by atoms with E-state index in [1.54, 1.807) is 0 Å². The van der Waals surface area contributed by atoms with Crippen molar-refractivity contribution in [2.45, 2.75) is 64.5 Å². The molecule has 196 valence electrons. The Morgan fingerprint density at radius 2 is 1.68 bits per heavy atom. The molecule has 3 aliphatic heterocycles. The van der Waals surface area contributed by atoms with Gasteiger partial charge in [0.2, 0.25) is 11.8 Å². The molecule has 38 heavy (non-hydrogen) atoms. The van der Waals surface area contributed by atoms with E-state index < -0.39 is 0 Å². The maximum Gasteiger partial charge on any atom is 0.273 e. The van der Waals surface area contributed by atoms with Gasteiger partial charge in [0.1, 0.15) is 5.65 Å². The molecule has 1 spiro atoms. The van der Waals surface area contributed by atoms with E-state index in [4.69, 9.17) is 4.98 Å². The maximum atomic E-state index is 13.1. The predicted octanol–water partition coefficient (Wildman–Crippen LogP) is 4.42. The monoisotopic (exact) mass is 511 g/mol. The van der Waals surface area contributed by atoms with Crippen LogP contribution in [-0.2, 0) is 29.7 Å². The standard InChI is InChI=1S/C30H33N5O3/c1-32-13-8-23-22(18-33-14-11-30(12-15-33)9-3-10-30)17-25(31-28(23)32)20-6-7-24-21(16-20)19-34(29(24)38)35-26(36)4-2-5-27(35)37/h6-8,13,16-17H,2-5,9-12,14-15,18-19H2,1H3. The van der Waals surface area contributed by atoms with E-state index in [-0.39, 0.29) is 24.3 Å². The third-order valence-electron chi connectivity index (χ3n) is 9.33. The van der Waals surface area contributed by atoms with Gasteiger partial charge >= 0.3 is 0 Å². The molecule has 7 rings (SSSR count). The summed E-state index contributed by atoms with van der Waals surface area (Å²) in [5, 5.41) is 3.55. The van der Waals surface area contributed by atoms with Gasteiger partial charge in [-0.25, -0.2) is 9.99 Å². The van der Waals surface area contributed by atoms with Crippen LogP contribution in [0, 0.1) is 5.41 Å². The fourth-order valence-electron chi connectivity index (χ4n) is 6.82. The Labute approximate surface area is 222 Å². The Hall–Kier alpha value is -3.52. The second-order valence-corrected chi connectivity index (χ2v) is 11.6. The zero-order chi connectivity index (χ0) is 26.0. The average Bonchev–Trinajstić information content (AvgIpc) is 3.43. The lowest BCUT2D eigenvalue weighted by Gasteiger charge is -2.48. The molecule has 3 amide bonds. The Balaban J connectivity index is 1.18. The van der Waals surface area contributed by atoms with Gasteiger partial charge in [-0.05, 0) is 86.0 Å². The van der Waals surface area contributed by atoms with Crippen molar-refractivity contribution in [3.05, 3.63) is 53.2 Å². The normalized spacial score (nSPS) is 21.4. The van der Waals surface area contributed by atoms with Crippen molar-refractivity contribution in [1.82, 2.24) is 24.5 Å². The van der Waals surface area contributed by atoms with Gasteiger partial charge in [-0.3, -0.25) is 19.3 Å². The van der Waals surface area contributed by atoms with Gasteiger partial charge in [0.05, 0.1) is 12.2 Å². The topological polar surface area (TPSA) is 78.8 Å². The summed E-state index contributed by atoms with van der Waals surface area (Å²) in [6.45, 7) is 3.42. The molecular formula is C30H33N5O3. The smallest absolute Gasteiger partial charge is 0.273 e. The third-order valence-corrected chi connectivity index (χ3v) is 9.33. The summed E-state index contributed by atoms with van der Waals surface area (Å²) in [6.07, 6.45) is 10.0. The minimum absolute atomic E-state index is 0.217. The highest BCUT2D eigenvalue weighted by Crippen LogP contribution is 2.49. The van der Waals surface area contributed by atoms with E-state index in [1.807, 2.05) is 25.2 Å². The molecule has 0 atom stereocenters. The van der Waals surface area contributed by atoms with Crippen molar-refractivity contribution < 1.29 is 14.4 Å². The molecule has 0 bridgehead atoms. The second-order valence-electron chi connectivity index (χ2n) is 11.6. The number of carbonyl (C=O) groups is 3. The van der Waals surface area contributed by atoms with Gasteiger partial charge < -0.3 is 4.57 Å². The van der Waals surface area contributed by atoms with Crippen molar-refractivity contribution >= 4 is 28.8 Å². The van der Waals surface area contributed by atoms with Crippen LogP contribution in [-0.4, -0.2) is 55.3 Å². The maximum absolute atomic E-state index is 13.1. The van der Waals surface area contributed by atoms with Crippen LogP contribution < -0.4 is 0 Å². The van der Waals surface area contributed by atoms with Crippen molar-refractivity contribution in [3.63, 3.8) is 0 Å². The molecule has 4 aliphatic rings. The first-order valence-electron chi connectivity index (χ1n) is 13.9. The highest BCUT2D eigenvalue weighted by atomic mass is 16.2. The van der Waals surface area contributed by atoms with Crippen molar-refractivity contribution in [1.29, 1.82) is 0 Å². The molecule has 3 aromatic rings. The average molecular weight is 512 g/mol. The minimum atomic E-state index is -0.302. The van der Waals surface area contributed by atoms with Crippen LogP contribution in [0.3, 0.4) is 0 Å². The summed E-state index contributed by atoms with van der Waals surface area (Å²) < 4.78 is 2.06. The zero-order valence-electron chi connectivity index (χ0n) is 21.9. The molecule has 8 heteroatoms. The number of amides is 3. The minimum Gasteiger partial charge on any atom is -0.336 e. The first-order chi connectivity index (χ1) is 18.4. The lowest BCUT2D eigenvalue weighted by atomic mass is 9.63. The molecule has 2 saturated heterocycles. The first kappa shape index (κ1) is 23.6. The Kier molecular flexibility index (Phi) is 5.44. The first-order valence-corrected chi connectivity index (χ1v) is 13.9. The van der Waals surface area contributed by atoms with E-state index in [1.165, 1.54) is 48.1 Å². The van der Waals surface area contributed by atoms with Gasteiger partial charge in [0, 0.05) is 49.1 Å². The fourth-order valence-corrected chi connectivity index (χ4v) is 6.82. The van der Waals surface area contributed by atoms with E-state index in [9.17, 15) is 14.4 Å².